The van der Waals surface area contributed by atoms with Crippen LogP contribution in [0.15, 0.2) is 91.0 Å². The number of likely N-dealkylation sites (tertiary alicyclic amines) is 1. The molecule has 3 fully saturated rings. The summed E-state index contributed by atoms with van der Waals surface area (Å²) in [5, 5.41) is 16.6. The van der Waals surface area contributed by atoms with Crippen LogP contribution in [0.5, 0.6) is 0 Å². The number of aliphatic hydroxyl groups excluding tert-OH is 1. The van der Waals surface area contributed by atoms with E-state index in [9.17, 15) is 19.5 Å². The van der Waals surface area contributed by atoms with Crippen LogP contribution in [0.4, 0.5) is 0 Å². The molecule has 2 bridgehead atoms. The number of amides is 3. The van der Waals surface area contributed by atoms with Crippen molar-refractivity contribution in [1.29, 1.82) is 0 Å². The van der Waals surface area contributed by atoms with Gasteiger partial charge in [-0.1, -0.05) is 91.0 Å². The van der Waals surface area contributed by atoms with Gasteiger partial charge in [0.25, 0.3) is 0 Å². The van der Waals surface area contributed by atoms with Crippen LogP contribution >= 0.6 is 0 Å². The highest BCUT2D eigenvalue weighted by molar-refractivity contribution is 5.99. The monoisotopic (exact) mass is 553 g/mol. The van der Waals surface area contributed by atoms with Gasteiger partial charge >= 0.3 is 0 Å². The molecule has 6 atom stereocenters. The standard InChI is InChI=1S/C33H35N3O5/c1-32-17-18-33(41-32)27(26(32)29(38)34-19-22-11-5-2-6-12-22)31(40)36(25(21-37)24-15-9-4-10-16-24)28(33)30(39)35-20-23-13-7-3-8-14-23/h2-16,25-28,37H,17-21H2,1H3,(H,34,38)(H,35,39)/t25-,26-,27+,28?,32+,33?/m1/s1. The van der Waals surface area contributed by atoms with E-state index in [1.54, 1.807) is 0 Å². The Morgan fingerprint density at radius 1 is 0.878 bits per heavy atom. The summed E-state index contributed by atoms with van der Waals surface area (Å²) in [6, 6.07) is 26.6. The van der Waals surface area contributed by atoms with Gasteiger partial charge in [-0.2, -0.15) is 0 Å². The summed E-state index contributed by atoms with van der Waals surface area (Å²) >= 11 is 0. The van der Waals surface area contributed by atoms with E-state index in [2.05, 4.69) is 10.6 Å². The molecular formula is C33H35N3O5. The summed E-state index contributed by atoms with van der Waals surface area (Å²) in [5.74, 6) is -2.56. The molecule has 3 aliphatic heterocycles. The lowest BCUT2D eigenvalue weighted by Gasteiger charge is -2.37. The third-order valence-electron chi connectivity index (χ3n) is 9.06. The topological polar surface area (TPSA) is 108 Å². The number of fused-ring (bicyclic) bond motifs is 1. The molecule has 0 saturated carbocycles. The summed E-state index contributed by atoms with van der Waals surface area (Å²) in [6.07, 6.45) is 1.01. The van der Waals surface area contributed by atoms with Gasteiger partial charge in [0.05, 0.1) is 30.1 Å². The molecule has 2 unspecified atom stereocenters. The number of carbonyl (C=O) groups excluding carboxylic acids is 3. The first-order valence-electron chi connectivity index (χ1n) is 14.2. The van der Waals surface area contributed by atoms with Gasteiger partial charge in [0.15, 0.2) is 0 Å². The Kier molecular flexibility index (Phi) is 7.13. The summed E-state index contributed by atoms with van der Waals surface area (Å²) in [7, 11) is 0. The molecule has 1 spiro atoms. The molecule has 3 aliphatic rings. The van der Waals surface area contributed by atoms with E-state index >= 15 is 0 Å². The van der Waals surface area contributed by atoms with Crippen LogP contribution in [0.3, 0.4) is 0 Å². The van der Waals surface area contributed by atoms with Gasteiger partial charge in [-0.15, -0.1) is 0 Å². The number of nitrogens with one attached hydrogen (secondary N) is 2. The highest BCUT2D eigenvalue weighted by atomic mass is 16.5. The molecule has 8 heteroatoms. The van der Waals surface area contributed by atoms with Crippen molar-refractivity contribution >= 4 is 17.7 Å². The van der Waals surface area contributed by atoms with E-state index in [0.717, 1.165) is 11.1 Å². The molecular weight excluding hydrogens is 518 g/mol. The molecule has 3 aromatic rings. The Hall–Kier alpha value is -4.01. The molecule has 3 amide bonds. The zero-order chi connectivity index (χ0) is 28.6. The van der Waals surface area contributed by atoms with Gasteiger partial charge in [-0.3, -0.25) is 14.4 Å². The van der Waals surface area contributed by atoms with Crippen molar-refractivity contribution in [3.05, 3.63) is 108 Å². The minimum Gasteiger partial charge on any atom is -0.394 e. The lowest BCUT2D eigenvalue weighted by atomic mass is 9.66. The first-order chi connectivity index (χ1) is 19.9. The Bertz CT molecular complexity index is 1420. The van der Waals surface area contributed by atoms with Gasteiger partial charge < -0.3 is 25.4 Å². The van der Waals surface area contributed by atoms with Crippen LogP contribution in [0.1, 0.15) is 42.5 Å². The number of carbonyl (C=O) groups is 3. The molecule has 3 heterocycles. The zero-order valence-electron chi connectivity index (χ0n) is 23.0. The molecule has 8 nitrogen and oxygen atoms in total. The molecule has 0 aromatic heterocycles. The smallest absolute Gasteiger partial charge is 0.246 e. The van der Waals surface area contributed by atoms with Crippen molar-refractivity contribution in [2.75, 3.05) is 6.61 Å². The van der Waals surface area contributed by atoms with Gasteiger partial charge in [-0.05, 0) is 36.5 Å². The van der Waals surface area contributed by atoms with Crippen molar-refractivity contribution in [2.45, 2.75) is 56.1 Å². The van der Waals surface area contributed by atoms with Crippen LogP contribution in [0.25, 0.3) is 0 Å². The number of rotatable bonds is 9. The maximum absolute atomic E-state index is 14.4. The van der Waals surface area contributed by atoms with Crippen LogP contribution in [-0.2, 0) is 32.2 Å². The van der Waals surface area contributed by atoms with E-state index < -0.39 is 35.1 Å². The van der Waals surface area contributed by atoms with E-state index in [1.807, 2.05) is 97.9 Å². The first-order valence-corrected chi connectivity index (χ1v) is 14.2. The quantitative estimate of drug-likeness (QED) is 0.378. The fourth-order valence-electron chi connectivity index (χ4n) is 7.21. The van der Waals surface area contributed by atoms with Crippen LogP contribution in [-0.4, -0.2) is 51.6 Å². The SMILES string of the molecule is C[C@@]12CCC3(O1)C(C(=O)NCc1ccccc1)N([C@H](CO)c1ccccc1)C(=O)[C@@H]3[C@@H]2C(=O)NCc1ccccc1. The Morgan fingerprint density at radius 3 is 1.98 bits per heavy atom. The molecule has 3 aromatic carbocycles. The fourth-order valence-corrected chi connectivity index (χ4v) is 7.21. The second-order valence-corrected chi connectivity index (χ2v) is 11.5. The normalized spacial score (nSPS) is 28.8. The van der Waals surface area contributed by atoms with Gasteiger partial charge in [-0.25, -0.2) is 0 Å². The largest absolute Gasteiger partial charge is 0.394 e. The van der Waals surface area contributed by atoms with Crippen molar-refractivity contribution in [1.82, 2.24) is 15.5 Å². The molecule has 3 N–H and O–H groups in total. The number of ether oxygens (including phenoxy) is 1. The fraction of sp³-hybridized carbons (Fsp3) is 0.364. The number of aliphatic hydroxyl groups is 1. The number of benzene rings is 3. The lowest BCUT2D eigenvalue weighted by molar-refractivity contribution is -0.150. The van der Waals surface area contributed by atoms with E-state index in [1.165, 1.54) is 4.90 Å². The lowest BCUT2D eigenvalue weighted by Crippen LogP contribution is -2.56. The van der Waals surface area contributed by atoms with E-state index in [-0.39, 0.29) is 30.9 Å². The predicted molar refractivity (Wildman–Crippen MR) is 152 cm³/mol. The van der Waals surface area contributed by atoms with Crippen molar-refractivity contribution in [2.24, 2.45) is 11.8 Å². The van der Waals surface area contributed by atoms with Crippen LogP contribution < -0.4 is 10.6 Å². The zero-order valence-corrected chi connectivity index (χ0v) is 23.0. The summed E-state index contributed by atoms with van der Waals surface area (Å²) in [4.78, 5) is 43.8. The van der Waals surface area contributed by atoms with Crippen LogP contribution in [0.2, 0.25) is 0 Å². The molecule has 3 saturated heterocycles. The van der Waals surface area contributed by atoms with Gasteiger partial charge in [0, 0.05) is 13.1 Å². The molecule has 6 rings (SSSR count). The molecule has 212 valence electrons. The Morgan fingerprint density at radius 2 is 1.41 bits per heavy atom. The summed E-state index contributed by atoms with van der Waals surface area (Å²) in [5.41, 5.74) is 0.531. The Balaban J connectivity index is 1.35. The highest BCUT2D eigenvalue weighted by Crippen LogP contribution is 2.64. The number of hydrogen-bond acceptors (Lipinski definition) is 5. The second-order valence-electron chi connectivity index (χ2n) is 11.5. The average molecular weight is 554 g/mol. The molecule has 0 aliphatic carbocycles. The second kappa shape index (κ2) is 10.8. The average Bonchev–Trinajstić information content (AvgIpc) is 3.57. The van der Waals surface area contributed by atoms with Crippen LogP contribution in [0, 0.1) is 11.8 Å². The summed E-state index contributed by atoms with van der Waals surface area (Å²) < 4.78 is 6.71. The van der Waals surface area contributed by atoms with Crippen molar-refractivity contribution in [3.63, 3.8) is 0 Å². The minimum atomic E-state index is -1.18. The number of hydrogen-bond donors (Lipinski definition) is 3. The van der Waals surface area contributed by atoms with Gasteiger partial charge in [0.2, 0.25) is 17.7 Å². The first kappa shape index (κ1) is 27.2. The molecule has 41 heavy (non-hydrogen) atoms. The maximum atomic E-state index is 14.4. The Labute approximate surface area is 239 Å². The third-order valence-corrected chi connectivity index (χ3v) is 9.06. The maximum Gasteiger partial charge on any atom is 0.246 e. The van der Waals surface area contributed by atoms with Crippen molar-refractivity contribution < 1.29 is 24.2 Å². The summed E-state index contributed by atoms with van der Waals surface area (Å²) in [6.45, 7) is 2.12. The van der Waals surface area contributed by atoms with E-state index in [4.69, 9.17) is 4.74 Å². The van der Waals surface area contributed by atoms with Crippen molar-refractivity contribution in [3.8, 4) is 0 Å². The minimum absolute atomic E-state index is 0.262. The highest BCUT2D eigenvalue weighted by Gasteiger charge is 2.78. The molecule has 0 radical (unpaired) electrons. The predicted octanol–water partition coefficient (Wildman–Crippen LogP) is 3.12. The third kappa shape index (κ3) is 4.61. The van der Waals surface area contributed by atoms with Gasteiger partial charge in [0.1, 0.15) is 11.6 Å². The number of nitrogens with zero attached hydrogens (tertiary/aromatic N) is 1. The van der Waals surface area contributed by atoms with E-state index in [0.29, 0.717) is 24.9 Å².